The van der Waals surface area contributed by atoms with Gasteiger partial charge in [-0.1, -0.05) is 36.4 Å². The van der Waals surface area contributed by atoms with Crippen LogP contribution in [0.4, 0.5) is 0 Å². The predicted molar refractivity (Wildman–Crippen MR) is 89.9 cm³/mol. The van der Waals surface area contributed by atoms with E-state index in [1.807, 2.05) is 24.3 Å². The average molecular weight is 297 g/mol. The lowest BCUT2D eigenvalue weighted by molar-refractivity contribution is 0.0821. The maximum absolute atomic E-state index is 6.43. The number of nitrogens with two attached hydrogens (primary N) is 1. The zero-order valence-corrected chi connectivity index (χ0v) is 12.9. The molecule has 3 aromatic rings. The number of benzene rings is 2. The molecule has 0 aliphatic heterocycles. The molecule has 1 heterocycles. The molecule has 0 amide bonds. The number of hydrogen-bond acceptors (Lipinski definition) is 3. The quantitative estimate of drug-likeness (QED) is 0.750. The van der Waals surface area contributed by atoms with Crippen molar-refractivity contribution in [2.45, 2.75) is 18.9 Å². The van der Waals surface area contributed by atoms with Crippen molar-refractivity contribution in [3.8, 4) is 5.75 Å². The van der Waals surface area contributed by atoms with Crippen molar-refractivity contribution in [3.63, 3.8) is 0 Å². The Morgan fingerprint density at radius 2 is 1.90 bits per heavy atom. The Hall–Kier alpha value is -1.84. The number of hydrogen-bond donors (Lipinski definition) is 1. The van der Waals surface area contributed by atoms with E-state index in [9.17, 15) is 0 Å². The lowest BCUT2D eigenvalue weighted by atomic mass is 9.94. The van der Waals surface area contributed by atoms with Crippen molar-refractivity contribution in [1.82, 2.24) is 0 Å². The first-order chi connectivity index (χ1) is 10.2. The van der Waals surface area contributed by atoms with Crippen LogP contribution in [-0.4, -0.2) is 6.54 Å². The monoisotopic (exact) mass is 297 g/mol. The summed E-state index contributed by atoms with van der Waals surface area (Å²) >= 11 is 1.69. The molecule has 0 saturated heterocycles. The van der Waals surface area contributed by atoms with E-state index < -0.39 is 5.60 Å². The van der Waals surface area contributed by atoms with E-state index in [1.165, 1.54) is 10.9 Å². The van der Waals surface area contributed by atoms with Gasteiger partial charge in [0.25, 0.3) is 0 Å². The van der Waals surface area contributed by atoms with E-state index in [1.54, 1.807) is 11.3 Å². The van der Waals surface area contributed by atoms with E-state index in [2.05, 4.69) is 41.9 Å². The minimum Gasteiger partial charge on any atom is -0.482 e. The topological polar surface area (TPSA) is 35.2 Å². The van der Waals surface area contributed by atoms with Gasteiger partial charge < -0.3 is 10.5 Å². The van der Waals surface area contributed by atoms with E-state index in [0.29, 0.717) is 6.54 Å². The van der Waals surface area contributed by atoms with Crippen molar-refractivity contribution >= 4 is 22.1 Å². The Morgan fingerprint density at radius 3 is 2.67 bits per heavy atom. The molecule has 0 radical (unpaired) electrons. The van der Waals surface area contributed by atoms with Crippen LogP contribution in [0.2, 0.25) is 0 Å². The summed E-state index contributed by atoms with van der Waals surface area (Å²) in [5.41, 5.74) is 6.61. The highest BCUT2D eigenvalue weighted by Crippen LogP contribution is 2.35. The fourth-order valence-electron chi connectivity index (χ4n) is 2.62. The minimum absolute atomic E-state index is 0.390. The first kappa shape index (κ1) is 14.1. The van der Waals surface area contributed by atoms with Gasteiger partial charge in [-0.2, -0.15) is 11.3 Å². The van der Waals surface area contributed by atoms with Crippen LogP contribution >= 0.6 is 11.3 Å². The molecule has 1 unspecified atom stereocenters. The second kappa shape index (κ2) is 5.88. The summed E-state index contributed by atoms with van der Waals surface area (Å²) in [6, 6.07) is 16.6. The molecule has 1 aromatic heterocycles. The summed E-state index contributed by atoms with van der Waals surface area (Å²) in [5.74, 6) is 0.912. The van der Waals surface area contributed by atoms with Crippen LogP contribution in [-0.2, 0) is 5.60 Å². The van der Waals surface area contributed by atoms with Gasteiger partial charge in [-0.05, 0) is 41.7 Å². The average Bonchev–Trinajstić information content (AvgIpc) is 3.03. The Bertz CT molecular complexity index is 718. The first-order valence-electron chi connectivity index (χ1n) is 7.12. The molecule has 108 valence electrons. The Morgan fingerprint density at radius 1 is 1.10 bits per heavy atom. The lowest BCUT2D eigenvalue weighted by Gasteiger charge is -2.30. The number of thiophene rings is 1. The third-order valence-corrected chi connectivity index (χ3v) is 4.52. The van der Waals surface area contributed by atoms with Gasteiger partial charge in [-0.15, -0.1) is 0 Å². The molecule has 2 nitrogen and oxygen atoms in total. The highest BCUT2D eigenvalue weighted by atomic mass is 32.1. The van der Waals surface area contributed by atoms with Crippen molar-refractivity contribution in [3.05, 3.63) is 64.9 Å². The molecule has 2 aromatic carbocycles. The summed E-state index contributed by atoms with van der Waals surface area (Å²) < 4.78 is 6.43. The minimum atomic E-state index is -0.390. The Labute approximate surface area is 129 Å². The Balaban J connectivity index is 2.02. The molecular formula is C18H19NOS. The smallest absolute Gasteiger partial charge is 0.133 e. The zero-order valence-electron chi connectivity index (χ0n) is 12.1. The van der Waals surface area contributed by atoms with Gasteiger partial charge in [0, 0.05) is 17.4 Å². The normalized spacial score (nSPS) is 14.0. The number of rotatable bonds is 5. The molecule has 21 heavy (non-hydrogen) atoms. The summed E-state index contributed by atoms with van der Waals surface area (Å²) in [7, 11) is 0. The van der Waals surface area contributed by atoms with Crippen LogP contribution in [0.5, 0.6) is 5.75 Å². The van der Waals surface area contributed by atoms with Gasteiger partial charge in [0.05, 0.1) is 0 Å². The molecule has 0 fully saturated rings. The van der Waals surface area contributed by atoms with Crippen LogP contribution < -0.4 is 10.5 Å². The summed E-state index contributed by atoms with van der Waals surface area (Å²) in [6.45, 7) is 2.71. The van der Waals surface area contributed by atoms with Crippen molar-refractivity contribution in [2.75, 3.05) is 6.54 Å². The molecule has 3 rings (SSSR count). The zero-order chi connectivity index (χ0) is 14.7. The molecule has 1 atom stereocenters. The molecule has 0 bridgehead atoms. The van der Waals surface area contributed by atoms with Crippen LogP contribution in [0.25, 0.3) is 10.8 Å². The highest BCUT2D eigenvalue weighted by molar-refractivity contribution is 7.08. The van der Waals surface area contributed by atoms with Crippen LogP contribution in [0.15, 0.2) is 59.3 Å². The van der Waals surface area contributed by atoms with Crippen molar-refractivity contribution in [1.29, 1.82) is 0 Å². The highest BCUT2D eigenvalue weighted by Gasteiger charge is 2.29. The SMILES string of the molecule is CC(CCN)(Oc1cccc2ccccc12)c1ccsc1. The van der Waals surface area contributed by atoms with Crippen molar-refractivity contribution < 1.29 is 4.74 Å². The maximum Gasteiger partial charge on any atom is 0.133 e. The molecule has 0 aliphatic carbocycles. The molecule has 3 heteroatoms. The Kier molecular flexibility index (Phi) is 3.95. The van der Waals surface area contributed by atoms with E-state index >= 15 is 0 Å². The van der Waals surface area contributed by atoms with Crippen molar-refractivity contribution in [2.24, 2.45) is 5.73 Å². The lowest BCUT2D eigenvalue weighted by Crippen LogP contribution is -2.31. The second-order valence-corrected chi connectivity index (χ2v) is 6.14. The van der Waals surface area contributed by atoms with E-state index in [4.69, 9.17) is 10.5 Å². The fraction of sp³-hybridized carbons (Fsp3) is 0.222. The largest absolute Gasteiger partial charge is 0.482 e. The molecule has 0 spiro atoms. The second-order valence-electron chi connectivity index (χ2n) is 5.36. The van der Waals surface area contributed by atoms with Gasteiger partial charge in [-0.25, -0.2) is 0 Å². The third-order valence-electron chi connectivity index (χ3n) is 3.84. The van der Waals surface area contributed by atoms with Crippen LogP contribution in [0.3, 0.4) is 0 Å². The maximum atomic E-state index is 6.43. The van der Waals surface area contributed by atoms with E-state index in [0.717, 1.165) is 17.6 Å². The third kappa shape index (κ3) is 2.80. The number of fused-ring (bicyclic) bond motifs is 1. The van der Waals surface area contributed by atoms with Gasteiger partial charge >= 0.3 is 0 Å². The predicted octanol–water partition coefficient (Wildman–Crippen LogP) is 4.54. The van der Waals surface area contributed by atoms with Crippen LogP contribution in [0, 0.1) is 0 Å². The summed E-state index contributed by atoms with van der Waals surface area (Å²) in [5, 5.41) is 6.55. The molecule has 2 N–H and O–H groups in total. The molecule has 0 aliphatic rings. The van der Waals surface area contributed by atoms with Crippen LogP contribution in [0.1, 0.15) is 18.9 Å². The van der Waals surface area contributed by atoms with Gasteiger partial charge in [-0.3, -0.25) is 0 Å². The number of ether oxygens (including phenoxy) is 1. The summed E-state index contributed by atoms with van der Waals surface area (Å²) in [6.07, 6.45) is 0.785. The molecule has 0 saturated carbocycles. The fourth-order valence-corrected chi connectivity index (χ4v) is 3.40. The van der Waals surface area contributed by atoms with E-state index in [-0.39, 0.29) is 0 Å². The summed E-state index contributed by atoms with van der Waals surface area (Å²) in [4.78, 5) is 0. The molecular weight excluding hydrogens is 278 g/mol. The van der Waals surface area contributed by atoms with Gasteiger partial charge in [0.15, 0.2) is 0 Å². The van der Waals surface area contributed by atoms with Gasteiger partial charge in [0.2, 0.25) is 0 Å². The first-order valence-corrected chi connectivity index (χ1v) is 8.07. The standard InChI is InChI=1S/C18H19NOS/c1-18(10-11-19,15-9-12-21-13-15)20-17-8-4-6-14-5-2-3-7-16(14)17/h2-9,12-13H,10-11,19H2,1H3. The van der Waals surface area contributed by atoms with Gasteiger partial charge in [0.1, 0.15) is 11.4 Å².